The predicted octanol–water partition coefficient (Wildman–Crippen LogP) is 3.35. The van der Waals surface area contributed by atoms with Crippen molar-refractivity contribution in [3.05, 3.63) is 56.7 Å². The molecule has 0 fully saturated rings. The van der Waals surface area contributed by atoms with Gasteiger partial charge in [0.15, 0.2) is 5.41 Å². The third-order valence-corrected chi connectivity index (χ3v) is 5.88. The number of nitriles is 3. The van der Waals surface area contributed by atoms with Crippen molar-refractivity contribution in [1.29, 1.82) is 15.8 Å². The highest BCUT2D eigenvalue weighted by molar-refractivity contribution is 6.42. The van der Waals surface area contributed by atoms with Crippen molar-refractivity contribution in [2.45, 2.75) is 5.92 Å². The number of hydrogen-bond acceptors (Lipinski definition) is 5. The monoisotopic (exact) mass is 383 g/mol. The third kappa shape index (κ3) is 2.56. The molecule has 0 aromatic heterocycles. The van der Waals surface area contributed by atoms with Gasteiger partial charge in [0.25, 0.3) is 0 Å². The Bertz CT molecular complexity index is 944. The van der Waals surface area contributed by atoms with Gasteiger partial charge in [-0.15, -0.1) is 0 Å². The van der Waals surface area contributed by atoms with Crippen molar-refractivity contribution in [3.8, 4) is 18.2 Å². The van der Waals surface area contributed by atoms with Gasteiger partial charge in [0, 0.05) is 24.9 Å². The van der Waals surface area contributed by atoms with E-state index in [0.717, 1.165) is 5.57 Å². The number of hydrogen-bond donors (Lipinski definition) is 1. The Morgan fingerprint density at radius 3 is 2.46 bits per heavy atom. The minimum absolute atomic E-state index is 0.00521. The van der Waals surface area contributed by atoms with E-state index in [9.17, 15) is 15.8 Å². The Kier molecular flexibility index (Phi) is 4.70. The van der Waals surface area contributed by atoms with Gasteiger partial charge in [-0.3, -0.25) is 0 Å². The highest BCUT2D eigenvalue weighted by atomic mass is 35.5. The van der Waals surface area contributed by atoms with Gasteiger partial charge in [0.1, 0.15) is 0 Å². The zero-order valence-corrected chi connectivity index (χ0v) is 15.5. The number of allylic oxidation sites excluding steroid dienone is 2. The summed E-state index contributed by atoms with van der Waals surface area (Å²) >= 11 is 12.2. The molecule has 5 nitrogen and oxygen atoms in total. The van der Waals surface area contributed by atoms with Crippen LogP contribution in [0.1, 0.15) is 11.5 Å². The molecule has 1 aliphatic carbocycles. The number of nitrogens with two attached hydrogens (primary N) is 1. The quantitative estimate of drug-likeness (QED) is 0.800. The van der Waals surface area contributed by atoms with Crippen molar-refractivity contribution in [1.82, 2.24) is 4.90 Å². The summed E-state index contributed by atoms with van der Waals surface area (Å²) in [6.45, 7) is 1.30. The van der Waals surface area contributed by atoms with Crippen LogP contribution in [0.3, 0.4) is 0 Å². The average Bonchev–Trinajstić information content (AvgIpc) is 2.63. The maximum absolute atomic E-state index is 9.97. The average molecular weight is 384 g/mol. The topological polar surface area (TPSA) is 101 Å². The number of benzene rings is 1. The molecule has 1 aromatic rings. The Labute approximate surface area is 162 Å². The van der Waals surface area contributed by atoms with Gasteiger partial charge in [-0.05, 0) is 30.3 Å². The number of rotatable bonds is 1. The minimum Gasteiger partial charge on any atom is -0.398 e. The lowest BCUT2D eigenvalue weighted by molar-refractivity contribution is 0.239. The predicted molar refractivity (Wildman–Crippen MR) is 98.8 cm³/mol. The summed E-state index contributed by atoms with van der Waals surface area (Å²) in [7, 11) is 1.96. The smallest absolute Gasteiger partial charge is 0.187 e. The molecule has 0 spiro atoms. The second-order valence-corrected chi connectivity index (χ2v) is 7.38. The van der Waals surface area contributed by atoms with E-state index in [-0.39, 0.29) is 17.2 Å². The van der Waals surface area contributed by atoms with Crippen LogP contribution in [-0.4, -0.2) is 25.0 Å². The summed E-state index contributed by atoms with van der Waals surface area (Å²) in [6.07, 6.45) is 1.96. The fourth-order valence-electron chi connectivity index (χ4n) is 3.94. The highest BCUT2D eigenvalue weighted by Crippen LogP contribution is 2.54. The Balaban J connectivity index is 2.35. The zero-order chi connectivity index (χ0) is 19.1. The van der Waals surface area contributed by atoms with Crippen molar-refractivity contribution in [3.63, 3.8) is 0 Å². The van der Waals surface area contributed by atoms with Crippen LogP contribution in [0.15, 0.2) is 41.1 Å². The van der Waals surface area contributed by atoms with Gasteiger partial charge in [-0.1, -0.05) is 35.3 Å². The Hall–Kier alpha value is -2.49. The molecule has 1 aliphatic heterocycles. The van der Waals surface area contributed by atoms with Gasteiger partial charge >= 0.3 is 0 Å². The number of halogens is 2. The molecule has 2 atom stereocenters. The van der Waals surface area contributed by atoms with Gasteiger partial charge < -0.3 is 10.6 Å². The molecule has 2 N–H and O–H groups in total. The second-order valence-electron chi connectivity index (χ2n) is 6.57. The van der Waals surface area contributed by atoms with E-state index in [1.165, 1.54) is 0 Å². The first kappa shape index (κ1) is 18.3. The van der Waals surface area contributed by atoms with Crippen LogP contribution in [0.25, 0.3) is 0 Å². The number of likely N-dealkylation sites (N-methyl/N-ethyl adjacent to an activating group) is 1. The van der Waals surface area contributed by atoms with Gasteiger partial charge in [0.2, 0.25) is 0 Å². The molecule has 1 aromatic carbocycles. The summed E-state index contributed by atoms with van der Waals surface area (Å²) in [6, 6.07) is 11.2. The van der Waals surface area contributed by atoms with E-state index in [1.54, 1.807) is 18.2 Å². The zero-order valence-electron chi connectivity index (χ0n) is 14.0. The maximum Gasteiger partial charge on any atom is 0.187 e. The van der Waals surface area contributed by atoms with Crippen LogP contribution in [0.4, 0.5) is 0 Å². The van der Waals surface area contributed by atoms with Crippen molar-refractivity contribution in [2.24, 2.45) is 17.1 Å². The molecule has 130 valence electrons. The standard InChI is InChI=1S/C19H15Cl2N5/c1-26-5-4-12-13(8-26)17(11-2-3-15(20)16(21)6-11)19(9-23,10-24)14(7-22)18(12)25/h2-4,6,13,17H,5,8,25H2,1H3/t13-,17?/m1/s1. The summed E-state index contributed by atoms with van der Waals surface area (Å²) in [5, 5.41) is 30.3. The molecule has 3 rings (SSSR count). The lowest BCUT2D eigenvalue weighted by Gasteiger charge is -2.45. The van der Waals surface area contributed by atoms with Crippen LogP contribution >= 0.6 is 23.2 Å². The molecule has 2 aliphatic rings. The molecular formula is C19H15Cl2N5. The molecule has 0 radical (unpaired) electrons. The lowest BCUT2D eigenvalue weighted by atomic mass is 9.57. The van der Waals surface area contributed by atoms with Gasteiger partial charge in [-0.25, -0.2) is 0 Å². The number of nitrogens with zero attached hydrogens (tertiary/aromatic N) is 4. The van der Waals surface area contributed by atoms with Crippen molar-refractivity contribution >= 4 is 23.2 Å². The first-order valence-corrected chi connectivity index (χ1v) is 8.72. The fourth-order valence-corrected chi connectivity index (χ4v) is 4.24. The summed E-state index contributed by atoms with van der Waals surface area (Å²) in [5.41, 5.74) is 6.30. The molecule has 1 heterocycles. The molecule has 0 saturated carbocycles. The molecule has 1 unspecified atom stereocenters. The second kappa shape index (κ2) is 6.67. The van der Waals surface area contributed by atoms with E-state index in [4.69, 9.17) is 28.9 Å². The first-order chi connectivity index (χ1) is 12.4. The fraction of sp³-hybridized carbons (Fsp3) is 0.316. The largest absolute Gasteiger partial charge is 0.398 e. The van der Waals surface area contributed by atoms with E-state index >= 15 is 0 Å². The molecule has 26 heavy (non-hydrogen) atoms. The Morgan fingerprint density at radius 2 is 1.88 bits per heavy atom. The van der Waals surface area contributed by atoms with E-state index in [2.05, 4.69) is 17.0 Å². The lowest BCUT2D eigenvalue weighted by Crippen LogP contribution is -2.46. The highest BCUT2D eigenvalue weighted by Gasteiger charge is 2.54. The normalized spacial score (nSPS) is 24.7. The van der Waals surface area contributed by atoms with Crippen molar-refractivity contribution < 1.29 is 0 Å². The molecule has 7 heteroatoms. The molecule has 0 amide bonds. The van der Waals surface area contributed by atoms with Gasteiger partial charge in [0.05, 0.1) is 39.5 Å². The van der Waals surface area contributed by atoms with Crippen molar-refractivity contribution in [2.75, 3.05) is 20.1 Å². The third-order valence-electron chi connectivity index (χ3n) is 5.14. The molecule has 0 bridgehead atoms. The van der Waals surface area contributed by atoms with Crippen LogP contribution in [0.5, 0.6) is 0 Å². The molecule has 0 saturated heterocycles. The summed E-state index contributed by atoms with van der Waals surface area (Å²) in [4.78, 5) is 2.09. The summed E-state index contributed by atoms with van der Waals surface area (Å²) in [5.74, 6) is -0.786. The minimum atomic E-state index is -1.68. The molecular weight excluding hydrogens is 369 g/mol. The van der Waals surface area contributed by atoms with Gasteiger partial charge in [-0.2, -0.15) is 15.8 Å². The summed E-state index contributed by atoms with van der Waals surface area (Å²) < 4.78 is 0. The van der Waals surface area contributed by atoms with Crippen LogP contribution in [0.2, 0.25) is 10.0 Å². The number of fused-ring (bicyclic) bond motifs is 1. The van der Waals surface area contributed by atoms with Crippen LogP contribution in [0, 0.1) is 45.3 Å². The SMILES string of the molecule is CN1CC=C2C(N)=C(C#N)C(C#N)(C#N)C(c3ccc(Cl)c(Cl)c3)[C@@H]2C1. The van der Waals surface area contributed by atoms with Crippen LogP contribution in [-0.2, 0) is 0 Å². The first-order valence-electron chi connectivity index (χ1n) is 7.96. The Morgan fingerprint density at radius 1 is 1.19 bits per heavy atom. The van der Waals surface area contributed by atoms with E-state index in [0.29, 0.717) is 28.7 Å². The van der Waals surface area contributed by atoms with E-state index in [1.807, 2.05) is 19.2 Å². The maximum atomic E-state index is 9.97. The van der Waals surface area contributed by atoms with E-state index < -0.39 is 11.3 Å². The van der Waals surface area contributed by atoms with Crippen LogP contribution < -0.4 is 5.73 Å².